The van der Waals surface area contributed by atoms with Crippen LogP contribution in [-0.2, 0) is 14.3 Å². The first-order valence-electron chi connectivity index (χ1n) is 8.38. The predicted octanol–water partition coefficient (Wildman–Crippen LogP) is 3.65. The van der Waals surface area contributed by atoms with E-state index in [2.05, 4.69) is 10.3 Å². The highest BCUT2D eigenvalue weighted by Crippen LogP contribution is 2.21. The number of hydrogen-bond donors (Lipinski definition) is 2. The number of anilines is 1. The van der Waals surface area contributed by atoms with Crippen LogP contribution >= 0.6 is 11.6 Å². The number of ether oxygens (including phenoxy) is 2. The van der Waals surface area contributed by atoms with E-state index in [4.69, 9.17) is 21.1 Å². The zero-order chi connectivity index (χ0) is 20.1. The van der Waals surface area contributed by atoms with Crippen molar-refractivity contribution in [3.63, 3.8) is 0 Å². The number of aryl methyl sites for hydroxylation is 1. The fraction of sp³-hybridized carbons (Fsp3) is 0.316. The number of benzene rings is 1. The molecule has 2 N–H and O–H groups in total. The molecule has 0 radical (unpaired) electrons. The Balaban J connectivity index is 2.08. The van der Waals surface area contributed by atoms with E-state index in [0.29, 0.717) is 22.0 Å². The summed E-state index contributed by atoms with van der Waals surface area (Å²) in [7, 11) is 0. The molecule has 1 amide bonds. The van der Waals surface area contributed by atoms with Gasteiger partial charge >= 0.3 is 11.9 Å². The van der Waals surface area contributed by atoms with Gasteiger partial charge in [-0.2, -0.15) is 0 Å². The Kier molecular flexibility index (Phi) is 6.63. The molecule has 144 valence electrons. The van der Waals surface area contributed by atoms with Crippen LogP contribution in [0.3, 0.4) is 0 Å². The molecule has 0 saturated carbocycles. The lowest BCUT2D eigenvalue weighted by molar-refractivity contribution is -0.123. The lowest BCUT2D eigenvalue weighted by atomic mass is 10.1. The van der Waals surface area contributed by atoms with Crippen LogP contribution in [0.2, 0.25) is 5.02 Å². The van der Waals surface area contributed by atoms with Crippen LogP contribution in [-0.4, -0.2) is 35.5 Å². The number of hydrogen-bond acceptors (Lipinski definition) is 5. The van der Waals surface area contributed by atoms with E-state index in [1.807, 2.05) is 0 Å². The number of aromatic amines is 1. The van der Waals surface area contributed by atoms with Gasteiger partial charge in [-0.3, -0.25) is 4.79 Å². The second kappa shape index (κ2) is 8.73. The van der Waals surface area contributed by atoms with E-state index < -0.39 is 23.9 Å². The van der Waals surface area contributed by atoms with Gasteiger partial charge in [0.1, 0.15) is 5.69 Å². The predicted molar refractivity (Wildman–Crippen MR) is 101 cm³/mol. The summed E-state index contributed by atoms with van der Waals surface area (Å²) in [5, 5.41) is 3.18. The molecule has 0 aliphatic heterocycles. The van der Waals surface area contributed by atoms with Crippen molar-refractivity contribution in [2.75, 3.05) is 11.9 Å². The monoisotopic (exact) mass is 392 g/mol. The zero-order valence-corrected chi connectivity index (χ0v) is 16.3. The van der Waals surface area contributed by atoms with E-state index in [1.54, 1.807) is 45.0 Å². The SMILES string of the molecule is CCOC(=O)c1[nH]c(C)c(C(=O)O[C@@H](C)C(=O)Nc2ccc(Cl)cc2)c1C. The van der Waals surface area contributed by atoms with E-state index in [-0.39, 0.29) is 17.9 Å². The maximum Gasteiger partial charge on any atom is 0.355 e. The third kappa shape index (κ3) is 4.89. The molecule has 7 nitrogen and oxygen atoms in total. The van der Waals surface area contributed by atoms with Gasteiger partial charge < -0.3 is 19.8 Å². The molecule has 0 aliphatic rings. The Labute approximate surface area is 162 Å². The van der Waals surface area contributed by atoms with Crippen molar-refractivity contribution in [2.24, 2.45) is 0 Å². The standard InChI is InChI=1S/C19H21ClN2O5/c1-5-26-19(25)16-10(2)15(11(3)21-16)18(24)27-12(4)17(23)22-14-8-6-13(20)7-9-14/h6-9,12,21H,5H2,1-4H3,(H,22,23)/t12-/m0/s1. The zero-order valence-electron chi connectivity index (χ0n) is 15.5. The highest BCUT2D eigenvalue weighted by atomic mass is 35.5. The minimum atomic E-state index is -1.03. The summed E-state index contributed by atoms with van der Waals surface area (Å²) in [6, 6.07) is 6.55. The number of nitrogens with one attached hydrogen (secondary N) is 2. The number of aromatic nitrogens is 1. The van der Waals surface area contributed by atoms with Gasteiger partial charge in [-0.05, 0) is 57.5 Å². The molecular weight excluding hydrogens is 372 g/mol. The Morgan fingerprint density at radius 3 is 2.37 bits per heavy atom. The van der Waals surface area contributed by atoms with E-state index in [1.165, 1.54) is 6.92 Å². The largest absolute Gasteiger partial charge is 0.461 e. The molecule has 0 unspecified atom stereocenters. The van der Waals surface area contributed by atoms with Crippen molar-refractivity contribution in [1.29, 1.82) is 0 Å². The lowest BCUT2D eigenvalue weighted by Crippen LogP contribution is -2.30. The third-order valence-electron chi connectivity index (χ3n) is 3.89. The second-order valence-electron chi connectivity index (χ2n) is 5.89. The Hall–Kier alpha value is -2.80. The molecule has 1 atom stereocenters. The number of esters is 2. The van der Waals surface area contributed by atoms with Gasteiger partial charge in [0.15, 0.2) is 6.10 Å². The van der Waals surface area contributed by atoms with Gasteiger partial charge in [-0.25, -0.2) is 9.59 Å². The number of carbonyl (C=O) groups is 3. The summed E-state index contributed by atoms with van der Waals surface area (Å²) in [5.41, 5.74) is 1.82. The fourth-order valence-electron chi connectivity index (χ4n) is 2.51. The first-order valence-corrected chi connectivity index (χ1v) is 8.76. The molecule has 0 bridgehead atoms. The maximum absolute atomic E-state index is 12.5. The third-order valence-corrected chi connectivity index (χ3v) is 4.14. The lowest BCUT2D eigenvalue weighted by Gasteiger charge is -2.14. The first kappa shape index (κ1) is 20.5. The van der Waals surface area contributed by atoms with Crippen LogP contribution in [0.1, 0.15) is 46.0 Å². The second-order valence-corrected chi connectivity index (χ2v) is 6.33. The summed E-state index contributed by atoms with van der Waals surface area (Å²) < 4.78 is 10.2. The van der Waals surface area contributed by atoms with Crippen molar-refractivity contribution in [3.8, 4) is 0 Å². The quantitative estimate of drug-likeness (QED) is 0.731. The normalized spacial score (nSPS) is 11.6. The molecule has 0 spiro atoms. The minimum Gasteiger partial charge on any atom is -0.461 e. The average molecular weight is 393 g/mol. The van der Waals surface area contributed by atoms with Crippen LogP contribution in [0.25, 0.3) is 0 Å². The van der Waals surface area contributed by atoms with E-state index in [0.717, 1.165) is 0 Å². The highest BCUT2D eigenvalue weighted by Gasteiger charge is 2.26. The molecule has 8 heteroatoms. The summed E-state index contributed by atoms with van der Waals surface area (Å²) in [4.78, 5) is 39.5. The Bertz CT molecular complexity index is 858. The van der Waals surface area contributed by atoms with E-state index >= 15 is 0 Å². The molecule has 27 heavy (non-hydrogen) atoms. The number of amides is 1. The molecule has 0 fully saturated rings. The number of rotatable bonds is 6. The summed E-state index contributed by atoms with van der Waals surface area (Å²) >= 11 is 5.80. The number of halogens is 1. The van der Waals surface area contributed by atoms with Crippen LogP contribution in [0.4, 0.5) is 5.69 Å². The molecule has 0 aliphatic carbocycles. The molecular formula is C19H21ClN2O5. The van der Waals surface area contributed by atoms with Crippen molar-refractivity contribution >= 4 is 35.1 Å². The molecule has 2 rings (SSSR count). The van der Waals surface area contributed by atoms with Gasteiger partial charge in [0, 0.05) is 16.4 Å². The van der Waals surface area contributed by atoms with Gasteiger partial charge in [0.25, 0.3) is 5.91 Å². The molecule has 2 aromatic rings. The molecule has 1 heterocycles. The van der Waals surface area contributed by atoms with Gasteiger partial charge in [-0.1, -0.05) is 11.6 Å². The van der Waals surface area contributed by atoms with E-state index in [9.17, 15) is 14.4 Å². The summed E-state index contributed by atoms with van der Waals surface area (Å²) in [6.45, 7) is 6.64. The van der Waals surface area contributed by atoms with Crippen LogP contribution in [0.5, 0.6) is 0 Å². The van der Waals surface area contributed by atoms with Crippen molar-refractivity contribution in [1.82, 2.24) is 4.98 Å². The maximum atomic E-state index is 12.5. The van der Waals surface area contributed by atoms with Crippen molar-refractivity contribution in [3.05, 3.63) is 51.8 Å². The molecule has 1 aromatic carbocycles. The van der Waals surface area contributed by atoms with Gasteiger partial charge in [-0.15, -0.1) is 0 Å². The van der Waals surface area contributed by atoms with Crippen molar-refractivity contribution in [2.45, 2.75) is 33.8 Å². The van der Waals surface area contributed by atoms with Crippen LogP contribution in [0.15, 0.2) is 24.3 Å². The number of H-pyrrole nitrogens is 1. The molecule has 0 saturated heterocycles. The van der Waals surface area contributed by atoms with Gasteiger partial charge in [0.2, 0.25) is 0 Å². The van der Waals surface area contributed by atoms with Gasteiger partial charge in [0.05, 0.1) is 12.2 Å². The Morgan fingerprint density at radius 1 is 1.15 bits per heavy atom. The fourth-order valence-corrected chi connectivity index (χ4v) is 2.64. The average Bonchev–Trinajstić information content (AvgIpc) is 2.91. The van der Waals surface area contributed by atoms with Crippen molar-refractivity contribution < 1.29 is 23.9 Å². The Morgan fingerprint density at radius 2 is 1.78 bits per heavy atom. The summed E-state index contributed by atoms with van der Waals surface area (Å²) in [6.07, 6.45) is -1.03. The molecule has 1 aromatic heterocycles. The smallest absolute Gasteiger partial charge is 0.355 e. The van der Waals surface area contributed by atoms with Crippen LogP contribution in [0, 0.1) is 13.8 Å². The first-order chi connectivity index (χ1) is 12.7. The highest BCUT2D eigenvalue weighted by molar-refractivity contribution is 6.30. The summed E-state index contributed by atoms with van der Waals surface area (Å²) in [5.74, 6) is -1.73. The minimum absolute atomic E-state index is 0.194. The van der Waals surface area contributed by atoms with Crippen LogP contribution < -0.4 is 5.32 Å². The topological polar surface area (TPSA) is 97.5 Å². The number of carbonyl (C=O) groups excluding carboxylic acids is 3.